The fourth-order valence-electron chi connectivity index (χ4n) is 3.10. The molecule has 0 aliphatic heterocycles. The maximum Gasteiger partial charge on any atom is 0.240 e. The van der Waals surface area contributed by atoms with Crippen LogP contribution in [0.4, 0.5) is 11.4 Å². The Bertz CT molecular complexity index is 849. The molecule has 2 N–H and O–H groups in total. The maximum absolute atomic E-state index is 12.9. The number of benzene rings is 2. The maximum atomic E-state index is 12.9. The van der Waals surface area contributed by atoms with Gasteiger partial charge in [0.2, 0.25) is 11.8 Å². The molecule has 142 valence electrons. The minimum atomic E-state index is -1.01. The molecule has 1 aliphatic carbocycles. The van der Waals surface area contributed by atoms with Crippen LogP contribution in [0.3, 0.4) is 0 Å². The predicted molar refractivity (Wildman–Crippen MR) is 107 cm³/mol. The molecule has 2 aromatic rings. The standard InChI is InChI=1S/C22H26N2O3/c1-14(2)27-18-11-6-5-10-17(18)23-20(25)22(12-13-22)21(26)24-19-15(3)8-7-9-16(19)4/h5-11,14H,12-13H2,1-4H3,(H,23,25)(H,24,26). The van der Waals surface area contributed by atoms with E-state index >= 15 is 0 Å². The summed E-state index contributed by atoms with van der Waals surface area (Å²) in [6, 6.07) is 13.1. The molecule has 0 bridgehead atoms. The molecule has 2 aromatic carbocycles. The van der Waals surface area contributed by atoms with Crippen LogP contribution in [0.5, 0.6) is 5.75 Å². The molecule has 2 amide bonds. The summed E-state index contributed by atoms with van der Waals surface area (Å²) in [5.74, 6) is 0.0671. The molecule has 0 saturated heterocycles. The predicted octanol–water partition coefficient (Wildman–Crippen LogP) is 4.45. The second-order valence-electron chi connectivity index (χ2n) is 7.42. The average molecular weight is 366 g/mol. The lowest BCUT2D eigenvalue weighted by atomic mass is 10.0. The third-order valence-corrected chi connectivity index (χ3v) is 4.84. The van der Waals surface area contributed by atoms with Crippen LogP contribution in [0.2, 0.25) is 0 Å². The Balaban J connectivity index is 1.76. The number of aryl methyl sites for hydroxylation is 2. The van der Waals surface area contributed by atoms with Gasteiger partial charge in [0.25, 0.3) is 0 Å². The minimum Gasteiger partial charge on any atom is -0.489 e. The first-order valence-electron chi connectivity index (χ1n) is 9.28. The van der Waals surface area contributed by atoms with Gasteiger partial charge in [-0.25, -0.2) is 0 Å². The molecule has 5 heteroatoms. The van der Waals surface area contributed by atoms with Gasteiger partial charge in [0, 0.05) is 5.69 Å². The van der Waals surface area contributed by atoms with Crippen molar-refractivity contribution in [1.29, 1.82) is 0 Å². The largest absolute Gasteiger partial charge is 0.489 e. The van der Waals surface area contributed by atoms with E-state index in [0.29, 0.717) is 24.3 Å². The van der Waals surface area contributed by atoms with Crippen molar-refractivity contribution in [2.75, 3.05) is 10.6 Å². The molecular weight excluding hydrogens is 340 g/mol. The highest BCUT2D eigenvalue weighted by Gasteiger charge is 2.56. The Hall–Kier alpha value is -2.82. The van der Waals surface area contributed by atoms with Crippen LogP contribution in [0.15, 0.2) is 42.5 Å². The molecule has 0 aromatic heterocycles. The summed E-state index contributed by atoms with van der Waals surface area (Å²) in [5.41, 5.74) is 2.32. The van der Waals surface area contributed by atoms with E-state index in [0.717, 1.165) is 16.8 Å². The molecule has 1 aliphatic rings. The van der Waals surface area contributed by atoms with Gasteiger partial charge < -0.3 is 15.4 Å². The zero-order valence-corrected chi connectivity index (χ0v) is 16.3. The van der Waals surface area contributed by atoms with E-state index in [2.05, 4.69) is 10.6 Å². The van der Waals surface area contributed by atoms with Crippen molar-refractivity contribution in [3.63, 3.8) is 0 Å². The Morgan fingerprint density at radius 1 is 0.926 bits per heavy atom. The van der Waals surface area contributed by atoms with Gasteiger partial charge in [-0.3, -0.25) is 9.59 Å². The Labute approximate surface area is 160 Å². The van der Waals surface area contributed by atoms with Crippen molar-refractivity contribution in [1.82, 2.24) is 0 Å². The van der Waals surface area contributed by atoms with E-state index in [-0.39, 0.29) is 17.9 Å². The summed E-state index contributed by atoms with van der Waals surface area (Å²) in [5, 5.41) is 5.85. The van der Waals surface area contributed by atoms with Gasteiger partial charge in [-0.1, -0.05) is 30.3 Å². The van der Waals surface area contributed by atoms with Gasteiger partial charge in [-0.05, 0) is 63.8 Å². The average Bonchev–Trinajstić information content (AvgIpc) is 3.41. The van der Waals surface area contributed by atoms with E-state index in [1.807, 2.05) is 64.1 Å². The van der Waals surface area contributed by atoms with E-state index in [4.69, 9.17) is 4.74 Å². The molecule has 1 fully saturated rings. The number of hydrogen-bond donors (Lipinski definition) is 2. The molecule has 0 radical (unpaired) electrons. The van der Waals surface area contributed by atoms with Crippen molar-refractivity contribution < 1.29 is 14.3 Å². The quantitative estimate of drug-likeness (QED) is 0.742. The van der Waals surface area contributed by atoms with Crippen molar-refractivity contribution in [3.05, 3.63) is 53.6 Å². The smallest absolute Gasteiger partial charge is 0.240 e. The number of ether oxygens (including phenoxy) is 1. The highest BCUT2D eigenvalue weighted by atomic mass is 16.5. The number of carbonyl (C=O) groups is 2. The number of anilines is 2. The molecule has 0 heterocycles. The lowest BCUT2D eigenvalue weighted by molar-refractivity contribution is -0.131. The number of nitrogens with one attached hydrogen (secondary N) is 2. The molecule has 27 heavy (non-hydrogen) atoms. The van der Waals surface area contributed by atoms with Crippen LogP contribution < -0.4 is 15.4 Å². The monoisotopic (exact) mass is 366 g/mol. The number of hydrogen-bond acceptors (Lipinski definition) is 3. The first kappa shape index (κ1) is 19.0. The van der Waals surface area contributed by atoms with E-state index in [1.165, 1.54) is 0 Å². The molecular formula is C22H26N2O3. The Kier molecular flexibility index (Phi) is 5.22. The fourth-order valence-corrected chi connectivity index (χ4v) is 3.10. The molecule has 3 rings (SSSR count). The normalized spacial score (nSPS) is 14.6. The molecule has 0 atom stereocenters. The fraction of sp³-hybridized carbons (Fsp3) is 0.364. The van der Waals surface area contributed by atoms with E-state index in [1.54, 1.807) is 6.07 Å². The van der Waals surface area contributed by atoms with Gasteiger partial charge >= 0.3 is 0 Å². The van der Waals surface area contributed by atoms with Gasteiger partial charge in [-0.15, -0.1) is 0 Å². The molecule has 0 unspecified atom stereocenters. The van der Waals surface area contributed by atoms with Crippen molar-refractivity contribution in [3.8, 4) is 5.75 Å². The lowest BCUT2D eigenvalue weighted by Gasteiger charge is -2.19. The summed E-state index contributed by atoms with van der Waals surface area (Å²) < 4.78 is 5.75. The van der Waals surface area contributed by atoms with Gasteiger partial charge in [-0.2, -0.15) is 0 Å². The van der Waals surface area contributed by atoms with Crippen molar-refractivity contribution in [2.24, 2.45) is 5.41 Å². The summed E-state index contributed by atoms with van der Waals surface area (Å²) in [6.45, 7) is 7.75. The zero-order chi connectivity index (χ0) is 19.6. The van der Waals surface area contributed by atoms with Crippen LogP contribution in [0, 0.1) is 19.3 Å². The molecule has 0 spiro atoms. The number of carbonyl (C=O) groups excluding carboxylic acids is 2. The summed E-state index contributed by atoms with van der Waals surface area (Å²) in [6.07, 6.45) is 1.08. The highest BCUT2D eigenvalue weighted by molar-refractivity contribution is 6.17. The summed E-state index contributed by atoms with van der Waals surface area (Å²) >= 11 is 0. The molecule has 5 nitrogen and oxygen atoms in total. The van der Waals surface area contributed by atoms with Crippen LogP contribution in [-0.4, -0.2) is 17.9 Å². The third-order valence-electron chi connectivity index (χ3n) is 4.84. The van der Waals surface area contributed by atoms with Crippen LogP contribution in [0.25, 0.3) is 0 Å². The highest BCUT2D eigenvalue weighted by Crippen LogP contribution is 2.48. The SMILES string of the molecule is Cc1cccc(C)c1NC(=O)C1(C(=O)Nc2ccccc2OC(C)C)CC1. The topological polar surface area (TPSA) is 67.4 Å². The Morgan fingerprint density at radius 2 is 1.52 bits per heavy atom. The third kappa shape index (κ3) is 3.97. The number of para-hydroxylation sites is 3. The van der Waals surface area contributed by atoms with E-state index < -0.39 is 5.41 Å². The second kappa shape index (κ2) is 7.43. The molecule has 1 saturated carbocycles. The first-order valence-corrected chi connectivity index (χ1v) is 9.28. The summed E-state index contributed by atoms with van der Waals surface area (Å²) in [4.78, 5) is 25.8. The van der Waals surface area contributed by atoms with Crippen LogP contribution in [0.1, 0.15) is 37.8 Å². The van der Waals surface area contributed by atoms with Crippen LogP contribution in [-0.2, 0) is 9.59 Å². The van der Waals surface area contributed by atoms with Crippen molar-refractivity contribution >= 4 is 23.2 Å². The van der Waals surface area contributed by atoms with Crippen molar-refractivity contribution in [2.45, 2.75) is 46.6 Å². The van der Waals surface area contributed by atoms with Gasteiger partial charge in [0.05, 0.1) is 11.8 Å². The lowest BCUT2D eigenvalue weighted by Crippen LogP contribution is -2.36. The van der Waals surface area contributed by atoms with Gasteiger partial charge in [0.15, 0.2) is 0 Å². The number of amides is 2. The first-order chi connectivity index (χ1) is 12.8. The van der Waals surface area contributed by atoms with Gasteiger partial charge in [0.1, 0.15) is 11.2 Å². The second-order valence-corrected chi connectivity index (χ2v) is 7.42. The van der Waals surface area contributed by atoms with E-state index in [9.17, 15) is 9.59 Å². The number of rotatable bonds is 6. The zero-order valence-electron chi connectivity index (χ0n) is 16.3. The Morgan fingerprint density at radius 3 is 2.11 bits per heavy atom. The minimum absolute atomic E-state index is 0.00901. The van der Waals surface area contributed by atoms with Crippen LogP contribution >= 0.6 is 0 Å². The summed E-state index contributed by atoms with van der Waals surface area (Å²) in [7, 11) is 0.